The SMILES string of the molecule is Cc1c(Br)c2ccccc2n1CC(=O)NC(CO)CO. The van der Waals surface area contributed by atoms with E-state index in [4.69, 9.17) is 10.2 Å². The molecule has 1 heterocycles. The Morgan fingerprint density at radius 1 is 1.35 bits per heavy atom. The Morgan fingerprint density at radius 2 is 2.00 bits per heavy atom. The lowest BCUT2D eigenvalue weighted by atomic mass is 10.2. The van der Waals surface area contributed by atoms with Gasteiger partial charge >= 0.3 is 0 Å². The van der Waals surface area contributed by atoms with E-state index in [0.29, 0.717) is 0 Å². The summed E-state index contributed by atoms with van der Waals surface area (Å²) in [7, 11) is 0. The van der Waals surface area contributed by atoms with Gasteiger partial charge in [0.1, 0.15) is 6.54 Å². The van der Waals surface area contributed by atoms with Gasteiger partial charge < -0.3 is 20.1 Å². The van der Waals surface area contributed by atoms with Gasteiger partial charge in [0.15, 0.2) is 0 Å². The van der Waals surface area contributed by atoms with Crippen molar-refractivity contribution in [2.75, 3.05) is 13.2 Å². The van der Waals surface area contributed by atoms with Crippen molar-refractivity contribution >= 4 is 32.7 Å². The Labute approximate surface area is 125 Å². The topological polar surface area (TPSA) is 74.5 Å². The molecule has 0 unspecified atom stereocenters. The fourth-order valence-electron chi connectivity index (χ4n) is 2.16. The number of benzene rings is 1. The number of rotatable bonds is 5. The summed E-state index contributed by atoms with van der Waals surface area (Å²) in [4.78, 5) is 12.0. The summed E-state index contributed by atoms with van der Waals surface area (Å²) in [5.41, 5.74) is 1.93. The highest BCUT2D eigenvalue weighted by Crippen LogP contribution is 2.30. The number of hydrogen-bond acceptors (Lipinski definition) is 3. The van der Waals surface area contributed by atoms with E-state index in [-0.39, 0.29) is 25.7 Å². The molecular formula is C14H17BrN2O3. The van der Waals surface area contributed by atoms with Crippen LogP contribution in [0.2, 0.25) is 0 Å². The molecule has 3 N–H and O–H groups in total. The van der Waals surface area contributed by atoms with Crippen LogP contribution in [0.15, 0.2) is 28.7 Å². The second-order valence-electron chi connectivity index (χ2n) is 4.63. The van der Waals surface area contributed by atoms with Crippen LogP contribution in [0.1, 0.15) is 5.69 Å². The summed E-state index contributed by atoms with van der Waals surface area (Å²) in [6, 6.07) is 7.20. The number of fused-ring (bicyclic) bond motifs is 1. The minimum absolute atomic E-state index is 0.147. The zero-order valence-electron chi connectivity index (χ0n) is 11.1. The minimum Gasteiger partial charge on any atom is -0.394 e. The van der Waals surface area contributed by atoms with Gasteiger partial charge in [0.25, 0.3) is 0 Å². The molecule has 0 fully saturated rings. The molecule has 0 atom stereocenters. The van der Waals surface area contributed by atoms with E-state index in [2.05, 4.69) is 21.2 Å². The number of aliphatic hydroxyl groups excluding tert-OH is 2. The number of aromatic nitrogens is 1. The quantitative estimate of drug-likeness (QED) is 0.765. The van der Waals surface area contributed by atoms with Crippen LogP contribution in [0, 0.1) is 6.92 Å². The van der Waals surface area contributed by atoms with Gasteiger partial charge in [-0.1, -0.05) is 18.2 Å². The van der Waals surface area contributed by atoms with Crippen LogP contribution in [-0.4, -0.2) is 39.9 Å². The highest BCUT2D eigenvalue weighted by Gasteiger charge is 2.15. The Kier molecular flexibility index (Phi) is 4.80. The summed E-state index contributed by atoms with van der Waals surface area (Å²) >= 11 is 3.54. The number of nitrogens with one attached hydrogen (secondary N) is 1. The van der Waals surface area contributed by atoms with Crippen molar-refractivity contribution in [3.8, 4) is 0 Å². The van der Waals surface area contributed by atoms with E-state index >= 15 is 0 Å². The average molecular weight is 341 g/mol. The Hall–Kier alpha value is -1.37. The van der Waals surface area contributed by atoms with Gasteiger partial charge in [0, 0.05) is 21.1 Å². The van der Waals surface area contributed by atoms with Gasteiger partial charge in [0.2, 0.25) is 5.91 Å². The van der Waals surface area contributed by atoms with E-state index < -0.39 is 6.04 Å². The monoisotopic (exact) mass is 340 g/mol. The molecule has 0 aliphatic heterocycles. The van der Waals surface area contributed by atoms with Crippen LogP contribution in [0.3, 0.4) is 0 Å². The smallest absolute Gasteiger partial charge is 0.240 e. The maximum Gasteiger partial charge on any atom is 0.240 e. The van der Waals surface area contributed by atoms with E-state index in [1.807, 2.05) is 35.8 Å². The third-order valence-electron chi connectivity index (χ3n) is 3.26. The number of halogens is 1. The molecule has 0 bridgehead atoms. The summed E-state index contributed by atoms with van der Waals surface area (Å²) in [6.45, 7) is 1.52. The van der Waals surface area contributed by atoms with Crippen molar-refractivity contribution in [1.29, 1.82) is 0 Å². The molecule has 1 aromatic carbocycles. The molecular weight excluding hydrogens is 324 g/mol. The standard InChI is InChI=1S/C14H17BrN2O3/c1-9-14(15)11-4-2-3-5-12(11)17(9)6-13(20)16-10(7-18)8-19/h2-5,10,18-19H,6-8H2,1H3,(H,16,20). The first-order valence-electron chi connectivity index (χ1n) is 6.33. The van der Waals surface area contributed by atoms with Gasteiger partial charge in [-0.3, -0.25) is 4.79 Å². The van der Waals surface area contributed by atoms with Crippen LogP contribution >= 0.6 is 15.9 Å². The fraction of sp³-hybridized carbons (Fsp3) is 0.357. The van der Waals surface area contributed by atoms with Crippen molar-refractivity contribution in [3.05, 3.63) is 34.4 Å². The second kappa shape index (κ2) is 6.39. The number of amides is 1. The van der Waals surface area contributed by atoms with E-state index in [1.165, 1.54) is 0 Å². The molecule has 1 amide bonds. The fourth-order valence-corrected chi connectivity index (χ4v) is 2.71. The molecule has 20 heavy (non-hydrogen) atoms. The van der Waals surface area contributed by atoms with Gasteiger partial charge in [0.05, 0.1) is 19.3 Å². The molecule has 1 aromatic heterocycles. The zero-order chi connectivity index (χ0) is 14.7. The van der Waals surface area contributed by atoms with Crippen LogP contribution in [-0.2, 0) is 11.3 Å². The second-order valence-corrected chi connectivity index (χ2v) is 5.43. The van der Waals surface area contributed by atoms with Crippen LogP contribution in [0.4, 0.5) is 0 Å². The molecule has 0 aliphatic carbocycles. The van der Waals surface area contributed by atoms with Crippen molar-refractivity contribution in [2.45, 2.75) is 19.5 Å². The van der Waals surface area contributed by atoms with E-state index in [9.17, 15) is 4.79 Å². The molecule has 108 valence electrons. The number of nitrogens with zero attached hydrogens (tertiary/aromatic N) is 1. The number of carbonyl (C=O) groups excluding carboxylic acids is 1. The Morgan fingerprint density at radius 3 is 2.65 bits per heavy atom. The first-order chi connectivity index (χ1) is 9.58. The predicted molar refractivity (Wildman–Crippen MR) is 80.5 cm³/mol. The summed E-state index contributed by atoms with van der Waals surface area (Å²) < 4.78 is 2.88. The maximum absolute atomic E-state index is 12.0. The summed E-state index contributed by atoms with van der Waals surface area (Å²) in [5.74, 6) is -0.241. The highest BCUT2D eigenvalue weighted by atomic mass is 79.9. The third kappa shape index (κ3) is 2.87. The van der Waals surface area contributed by atoms with Crippen LogP contribution in [0.25, 0.3) is 10.9 Å². The largest absolute Gasteiger partial charge is 0.394 e. The third-order valence-corrected chi connectivity index (χ3v) is 4.26. The molecule has 2 aromatic rings. The molecule has 0 spiro atoms. The van der Waals surface area contributed by atoms with Crippen molar-refractivity contribution in [3.63, 3.8) is 0 Å². The molecule has 0 saturated heterocycles. The molecule has 0 aliphatic rings. The first kappa shape index (κ1) is 15.0. The first-order valence-corrected chi connectivity index (χ1v) is 7.12. The Bertz CT molecular complexity index is 620. The minimum atomic E-state index is -0.618. The lowest BCUT2D eigenvalue weighted by Crippen LogP contribution is -2.41. The maximum atomic E-state index is 12.0. The molecule has 6 heteroatoms. The number of carbonyl (C=O) groups is 1. The van der Waals surface area contributed by atoms with Gasteiger partial charge in [-0.2, -0.15) is 0 Å². The normalized spacial score (nSPS) is 11.2. The van der Waals surface area contributed by atoms with Crippen LogP contribution < -0.4 is 5.32 Å². The summed E-state index contributed by atoms with van der Waals surface area (Å²) in [6.07, 6.45) is 0. The number of aliphatic hydroxyl groups is 2. The van der Waals surface area contributed by atoms with Gasteiger partial charge in [-0.15, -0.1) is 0 Å². The molecule has 0 saturated carbocycles. The van der Waals surface area contributed by atoms with Gasteiger partial charge in [-0.25, -0.2) is 0 Å². The van der Waals surface area contributed by atoms with Crippen molar-refractivity contribution < 1.29 is 15.0 Å². The molecule has 2 rings (SSSR count). The molecule has 0 radical (unpaired) electrons. The molecule has 5 nitrogen and oxygen atoms in total. The zero-order valence-corrected chi connectivity index (χ0v) is 12.7. The lowest BCUT2D eigenvalue weighted by Gasteiger charge is -2.14. The number of para-hydroxylation sites is 1. The lowest BCUT2D eigenvalue weighted by molar-refractivity contribution is -0.123. The van der Waals surface area contributed by atoms with E-state index in [1.54, 1.807) is 0 Å². The highest BCUT2D eigenvalue weighted by molar-refractivity contribution is 9.10. The van der Waals surface area contributed by atoms with Crippen LogP contribution in [0.5, 0.6) is 0 Å². The van der Waals surface area contributed by atoms with Gasteiger partial charge in [-0.05, 0) is 28.9 Å². The van der Waals surface area contributed by atoms with Crippen molar-refractivity contribution in [1.82, 2.24) is 9.88 Å². The predicted octanol–water partition coefficient (Wildman–Crippen LogP) is 1.18. The Balaban J connectivity index is 2.26. The average Bonchev–Trinajstić information content (AvgIpc) is 2.70. The number of hydrogen-bond donors (Lipinski definition) is 3. The van der Waals surface area contributed by atoms with Crippen molar-refractivity contribution in [2.24, 2.45) is 0 Å². The van der Waals surface area contributed by atoms with E-state index in [0.717, 1.165) is 21.1 Å². The summed E-state index contributed by atoms with van der Waals surface area (Å²) in [5, 5.41) is 21.6.